The van der Waals surface area contributed by atoms with Crippen LogP contribution >= 0.6 is 0 Å². The monoisotopic (exact) mass is 254 g/mol. The predicted octanol–water partition coefficient (Wildman–Crippen LogP) is 0.944. The first-order valence-electron chi connectivity index (χ1n) is 5.46. The highest BCUT2D eigenvalue weighted by Crippen LogP contribution is 2.20. The molecule has 0 aliphatic rings. The summed E-state index contributed by atoms with van der Waals surface area (Å²) >= 11 is 0. The summed E-state index contributed by atoms with van der Waals surface area (Å²) in [4.78, 5) is 22.4. The van der Waals surface area contributed by atoms with Crippen molar-refractivity contribution in [2.24, 2.45) is 5.73 Å². The lowest BCUT2D eigenvalue weighted by Crippen LogP contribution is -2.16. The van der Waals surface area contributed by atoms with E-state index in [0.29, 0.717) is 6.42 Å². The van der Waals surface area contributed by atoms with Crippen molar-refractivity contribution in [3.8, 4) is 0 Å². The summed E-state index contributed by atoms with van der Waals surface area (Å²) in [5.74, 6) is -1.73. The second-order valence-corrected chi connectivity index (χ2v) is 3.87. The van der Waals surface area contributed by atoms with E-state index in [1.807, 2.05) is 0 Å². The molecule has 0 spiro atoms. The van der Waals surface area contributed by atoms with E-state index in [4.69, 9.17) is 10.8 Å². The Kier molecular flexibility index (Phi) is 4.79. The van der Waals surface area contributed by atoms with Crippen molar-refractivity contribution in [2.75, 3.05) is 11.9 Å². The number of amides is 2. The number of hydrogen-bond donors (Lipinski definition) is 3. The van der Waals surface area contributed by atoms with E-state index >= 15 is 0 Å². The highest BCUT2D eigenvalue weighted by atomic mass is 19.1. The summed E-state index contributed by atoms with van der Waals surface area (Å²) in [6.07, 6.45) is 0.446. The Balaban J connectivity index is 2.94. The summed E-state index contributed by atoms with van der Waals surface area (Å²) < 4.78 is 13.5. The van der Waals surface area contributed by atoms with Gasteiger partial charge in [0.2, 0.25) is 11.8 Å². The van der Waals surface area contributed by atoms with Crippen molar-refractivity contribution in [1.82, 2.24) is 0 Å². The topological polar surface area (TPSA) is 92.4 Å². The fraction of sp³-hybridized carbons (Fsp3) is 0.333. The minimum Gasteiger partial charge on any atom is -0.396 e. The standard InChI is InChI=1S/C12H15FN2O3/c1-7-9(13)5-8(12(14)18)6-10(7)15-11(17)3-2-4-16/h5-6,16H,2-4H2,1H3,(H2,14,18)(H,15,17). The van der Waals surface area contributed by atoms with Gasteiger partial charge in [-0.1, -0.05) is 0 Å². The second kappa shape index (κ2) is 6.11. The molecular formula is C12H15FN2O3. The normalized spacial score (nSPS) is 10.2. The van der Waals surface area contributed by atoms with Gasteiger partial charge in [0.15, 0.2) is 0 Å². The van der Waals surface area contributed by atoms with Crippen molar-refractivity contribution in [1.29, 1.82) is 0 Å². The van der Waals surface area contributed by atoms with Crippen molar-refractivity contribution >= 4 is 17.5 Å². The van der Waals surface area contributed by atoms with E-state index < -0.39 is 11.7 Å². The van der Waals surface area contributed by atoms with Gasteiger partial charge < -0.3 is 16.2 Å². The molecular weight excluding hydrogens is 239 g/mol. The minimum atomic E-state index is -0.764. The Morgan fingerprint density at radius 2 is 2.11 bits per heavy atom. The Bertz CT molecular complexity index is 475. The van der Waals surface area contributed by atoms with Crippen LogP contribution in [0.5, 0.6) is 0 Å². The molecule has 98 valence electrons. The van der Waals surface area contributed by atoms with Crippen LogP contribution in [0, 0.1) is 12.7 Å². The molecule has 0 aliphatic carbocycles. The quantitative estimate of drug-likeness (QED) is 0.730. The van der Waals surface area contributed by atoms with E-state index in [-0.39, 0.29) is 35.7 Å². The van der Waals surface area contributed by atoms with Gasteiger partial charge in [0.05, 0.1) is 0 Å². The number of benzene rings is 1. The van der Waals surface area contributed by atoms with Crippen LogP contribution in [0.2, 0.25) is 0 Å². The molecule has 0 bridgehead atoms. The number of carbonyl (C=O) groups excluding carboxylic acids is 2. The van der Waals surface area contributed by atoms with Crippen molar-refractivity contribution in [3.05, 3.63) is 29.1 Å². The third kappa shape index (κ3) is 3.53. The summed E-state index contributed by atoms with van der Waals surface area (Å²) in [7, 11) is 0. The largest absolute Gasteiger partial charge is 0.396 e. The fourth-order valence-corrected chi connectivity index (χ4v) is 1.40. The molecule has 1 aromatic carbocycles. The van der Waals surface area contributed by atoms with Gasteiger partial charge in [-0.05, 0) is 25.5 Å². The van der Waals surface area contributed by atoms with Crippen LogP contribution in [0.4, 0.5) is 10.1 Å². The highest BCUT2D eigenvalue weighted by Gasteiger charge is 2.12. The van der Waals surface area contributed by atoms with Crippen LogP contribution in [0.15, 0.2) is 12.1 Å². The molecule has 0 unspecified atom stereocenters. The highest BCUT2D eigenvalue weighted by molar-refractivity contribution is 5.97. The zero-order valence-electron chi connectivity index (χ0n) is 10.00. The lowest BCUT2D eigenvalue weighted by molar-refractivity contribution is -0.116. The Morgan fingerprint density at radius 1 is 1.44 bits per heavy atom. The summed E-state index contributed by atoms with van der Waals surface area (Å²) in [5.41, 5.74) is 5.51. The van der Waals surface area contributed by atoms with E-state index in [0.717, 1.165) is 6.07 Å². The molecule has 0 saturated heterocycles. The van der Waals surface area contributed by atoms with Crippen molar-refractivity contribution < 1.29 is 19.1 Å². The maximum absolute atomic E-state index is 13.5. The summed E-state index contributed by atoms with van der Waals surface area (Å²) in [6.45, 7) is 1.39. The van der Waals surface area contributed by atoms with Gasteiger partial charge in [-0.2, -0.15) is 0 Å². The van der Waals surface area contributed by atoms with E-state index in [2.05, 4.69) is 5.32 Å². The number of nitrogens with one attached hydrogen (secondary N) is 1. The molecule has 0 heterocycles. The Hall–Kier alpha value is -1.95. The SMILES string of the molecule is Cc1c(F)cc(C(N)=O)cc1NC(=O)CCCO. The second-order valence-electron chi connectivity index (χ2n) is 3.87. The molecule has 0 radical (unpaired) electrons. The van der Waals surface area contributed by atoms with Gasteiger partial charge in [-0.25, -0.2) is 4.39 Å². The number of primary amides is 1. The van der Waals surface area contributed by atoms with Gasteiger partial charge >= 0.3 is 0 Å². The molecule has 2 amide bonds. The molecule has 6 heteroatoms. The third-order valence-electron chi connectivity index (χ3n) is 2.46. The average Bonchev–Trinajstić information content (AvgIpc) is 2.31. The maximum Gasteiger partial charge on any atom is 0.248 e. The average molecular weight is 254 g/mol. The number of carbonyl (C=O) groups is 2. The first-order chi connectivity index (χ1) is 8.45. The number of rotatable bonds is 5. The number of halogens is 1. The van der Waals surface area contributed by atoms with Crippen LogP contribution in [0.25, 0.3) is 0 Å². The molecule has 0 aromatic heterocycles. The number of aliphatic hydroxyl groups excluding tert-OH is 1. The van der Waals surface area contributed by atoms with E-state index in [1.54, 1.807) is 0 Å². The molecule has 5 nitrogen and oxygen atoms in total. The van der Waals surface area contributed by atoms with Crippen LogP contribution in [-0.4, -0.2) is 23.5 Å². The molecule has 4 N–H and O–H groups in total. The molecule has 18 heavy (non-hydrogen) atoms. The van der Waals surface area contributed by atoms with Gasteiger partial charge in [-0.3, -0.25) is 9.59 Å². The van der Waals surface area contributed by atoms with Gasteiger partial charge in [0, 0.05) is 29.8 Å². The maximum atomic E-state index is 13.5. The molecule has 0 fully saturated rings. The lowest BCUT2D eigenvalue weighted by atomic mass is 10.1. The number of nitrogens with two attached hydrogens (primary N) is 1. The zero-order valence-corrected chi connectivity index (χ0v) is 10.00. The van der Waals surface area contributed by atoms with Crippen LogP contribution in [0.1, 0.15) is 28.8 Å². The Labute approximate surface area is 104 Å². The van der Waals surface area contributed by atoms with Gasteiger partial charge in [-0.15, -0.1) is 0 Å². The first kappa shape index (κ1) is 14.1. The van der Waals surface area contributed by atoms with E-state index in [9.17, 15) is 14.0 Å². The smallest absolute Gasteiger partial charge is 0.248 e. The fourth-order valence-electron chi connectivity index (χ4n) is 1.40. The first-order valence-corrected chi connectivity index (χ1v) is 5.46. The molecule has 1 aromatic rings. The van der Waals surface area contributed by atoms with Crippen LogP contribution < -0.4 is 11.1 Å². The minimum absolute atomic E-state index is 0.00411. The number of aliphatic hydroxyl groups is 1. The predicted molar refractivity (Wildman–Crippen MR) is 64.6 cm³/mol. The van der Waals surface area contributed by atoms with Gasteiger partial charge in [0.25, 0.3) is 0 Å². The number of anilines is 1. The molecule has 1 rings (SSSR count). The Morgan fingerprint density at radius 3 is 2.67 bits per heavy atom. The van der Waals surface area contributed by atoms with Gasteiger partial charge in [0.1, 0.15) is 5.82 Å². The summed E-state index contributed by atoms with van der Waals surface area (Å²) in [6, 6.07) is 2.36. The molecule has 0 saturated carbocycles. The summed E-state index contributed by atoms with van der Waals surface area (Å²) in [5, 5.41) is 11.1. The third-order valence-corrected chi connectivity index (χ3v) is 2.46. The van der Waals surface area contributed by atoms with Crippen LogP contribution in [0.3, 0.4) is 0 Å². The van der Waals surface area contributed by atoms with Crippen molar-refractivity contribution in [3.63, 3.8) is 0 Å². The zero-order chi connectivity index (χ0) is 13.7. The number of hydrogen-bond acceptors (Lipinski definition) is 3. The molecule has 0 atom stereocenters. The van der Waals surface area contributed by atoms with Crippen molar-refractivity contribution in [2.45, 2.75) is 19.8 Å². The lowest BCUT2D eigenvalue weighted by Gasteiger charge is -2.10. The molecule has 0 aliphatic heterocycles. The van der Waals surface area contributed by atoms with Crippen LogP contribution in [-0.2, 0) is 4.79 Å². The van der Waals surface area contributed by atoms with E-state index in [1.165, 1.54) is 13.0 Å².